The molecule has 1 aromatic rings. The van der Waals surface area contributed by atoms with Crippen molar-refractivity contribution < 1.29 is 9.32 Å². The summed E-state index contributed by atoms with van der Waals surface area (Å²) in [5.74, 6) is 0.399. The molecule has 1 amide bonds. The highest BCUT2D eigenvalue weighted by Gasteiger charge is 2.11. The maximum atomic E-state index is 11.4. The molecule has 0 radical (unpaired) electrons. The average molecular weight is 183 g/mol. The molecule has 1 rings (SSSR count). The van der Waals surface area contributed by atoms with Gasteiger partial charge in [0.05, 0.1) is 6.20 Å². The van der Waals surface area contributed by atoms with E-state index in [0.29, 0.717) is 17.9 Å². The highest BCUT2D eigenvalue weighted by molar-refractivity contribution is 5.94. The Bertz CT molecular complexity index is 283. The van der Waals surface area contributed by atoms with Crippen LogP contribution in [0.4, 0.5) is 0 Å². The Balaban J connectivity index is 2.45. The van der Waals surface area contributed by atoms with E-state index in [1.165, 1.54) is 6.20 Å². The number of aromatic nitrogens is 1. The molecule has 5 heteroatoms. The fourth-order valence-corrected chi connectivity index (χ4v) is 0.913. The van der Waals surface area contributed by atoms with Gasteiger partial charge in [-0.25, -0.2) is 0 Å². The molecule has 1 aromatic heterocycles. The van der Waals surface area contributed by atoms with Crippen molar-refractivity contribution >= 4 is 5.91 Å². The van der Waals surface area contributed by atoms with Gasteiger partial charge in [0.25, 0.3) is 5.91 Å². The summed E-state index contributed by atoms with van der Waals surface area (Å²) in [6.45, 7) is 3.05. The first kappa shape index (κ1) is 9.73. The van der Waals surface area contributed by atoms with Crippen LogP contribution in [0.25, 0.3) is 0 Å². The molecule has 0 fully saturated rings. The number of amides is 1. The van der Waals surface area contributed by atoms with E-state index in [0.717, 1.165) is 6.54 Å². The minimum absolute atomic E-state index is 0.144. The lowest BCUT2D eigenvalue weighted by molar-refractivity contribution is 0.0952. The number of likely N-dealkylation sites (N-methyl/N-ethyl adjacent to an activating group) is 1. The lowest BCUT2D eigenvalue weighted by Crippen LogP contribution is -2.30. The normalized spacial score (nSPS) is 10.0. The highest BCUT2D eigenvalue weighted by Crippen LogP contribution is 2.04. The molecule has 0 aliphatic heterocycles. The maximum absolute atomic E-state index is 11.4. The standard InChI is InChI=1S/C8H13N3O2/c1-6-7(5-11-13-6)8(12)10-4-3-9-2/h5,9H,3-4H2,1-2H3,(H,10,12). The average Bonchev–Trinajstić information content (AvgIpc) is 2.52. The Kier molecular flexibility index (Phi) is 3.45. The smallest absolute Gasteiger partial charge is 0.256 e. The van der Waals surface area contributed by atoms with Crippen LogP contribution in [0.15, 0.2) is 10.7 Å². The van der Waals surface area contributed by atoms with Gasteiger partial charge in [0.2, 0.25) is 0 Å². The van der Waals surface area contributed by atoms with E-state index in [-0.39, 0.29) is 5.91 Å². The molecule has 0 atom stereocenters. The first-order valence-corrected chi connectivity index (χ1v) is 4.09. The molecule has 0 saturated heterocycles. The third kappa shape index (κ3) is 2.55. The van der Waals surface area contributed by atoms with Crippen molar-refractivity contribution in [3.8, 4) is 0 Å². The van der Waals surface area contributed by atoms with Crippen LogP contribution in [0.5, 0.6) is 0 Å². The minimum atomic E-state index is -0.144. The second-order valence-corrected chi connectivity index (χ2v) is 2.66. The predicted molar refractivity (Wildman–Crippen MR) is 47.5 cm³/mol. The van der Waals surface area contributed by atoms with Crippen molar-refractivity contribution in [2.45, 2.75) is 6.92 Å². The van der Waals surface area contributed by atoms with Gasteiger partial charge in [0.15, 0.2) is 0 Å². The zero-order valence-corrected chi connectivity index (χ0v) is 7.76. The predicted octanol–water partition coefficient (Wildman–Crippen LogP) is -0.0678. The van der Waals surface area contributed by atoms with Gasteiger partial charge >= 0.3 is 0 Å². The van der Waals surface area contributed by atoms with Gasteiger partial charge in [0.1, 0.15) is 11.3 Å². The maximum Gasteiger partial charge on any atom is 0.256 e. The molecule has 1 heterocycles. The molecule has 0 aromatic carbocycles. The van der Waals surface area contributed by atoms with E-state index in [1.807, 2.05) is 7.05 Å². The van der Waals surface area contributed by atoms with Gasteiger partial charge in [-0.15, -0.1) is 0 Å². The number of rotatable bonds is 4. The topological polar surface area (TPSA) is 67.2 Å². The number of hydrogen-bond acceptors (Lipinski definition) is 4. The fourth-order valence-electron chi connectivity index (χ4n) is 0.913. The van der Waals surface area contributed by atoms with Crippen LogP contribution in [0, 0.1) is 6.92 Å². The summed E-state index contributed by atoms with van der Waals surface area (Å²) >= 11 is 0. The van der Waals surface area contributed by atoms with E-state index >= 15 is 0 Å². The second kappa shape index (κ2) is 4.61. The lowest BCUT2D eigenvalue weighted by atomic mass is 10.2. The van der Waals surface area contributed by atoms with Crippen LogP contribution in [0.3, 0.4) is 0 Å². The molecule has 0 aliphatic rings. The Labute approximate surface area is 76.5 Å². The number of aryl methyl sites for hydroxylation is 1. The third-order valence-electron chi connectivity index (χ3n) is 1.66. The number of nitrogens with zero attached hydrogens (tertiary/aromatic N) is 1. The zero-order valence-electron chi connectivity index (χ0n) is 7.76. The first-order valence-electron chi connectivity index (χ1n) is 4.09. The van der Waals surface area contributed by atoms with Crippen LogP contribution < -0.4 is 10.6 Å². The molecule has 72 valence electrons. The SMILES string of the molecule is CNCCNC(=O)c1cnoc1C. The van der Waals surface area contributed by atoms with Crippen molar-refractivity contribution in [3.63, 3.8) is 0 Å². The number of nitrogens with one attached hydrogen (secondary N) is 2. The molecule has 0 bridgehead atoms. The lowest BCUT2D eigenvalue weighted by Gasteiger charge is -2.01. The fraction of sp³-hybridized carbons (Fsp3) is 0.500. The van der Waals surface area contributed by atoms with Crippen LogP contribution in [0.1, 0.15) is 16.1 Å². The summed E-state index contributed by atoms with van der Waals surface area (Å²) in [7, 11) is 1.83. The summed E-state index contributed by atoms with van der Waals surface area (Å²) in [4.78, 5) is 11.4. The van der Waals surface area contributed by atoms with Crippen molar-refractivity contribution in [2.24, 2.45) is 0 Å². The Morgan fingerprint density at radius 1 is 1.62 bits per heavy atom. The van der Waals surface area contributed by atoms with Crippen molar-refractivity contribution in [2.75, 3.05) is 20.1 Å². The summed E-state index contributed by atoms with van der Waals surface area (Å²) < 4.78 is 4.77. The largest absolute Gasteiger partial charge is 0.361 e. The van der Waals surface area contributed by atoms with Crippen LogP contribution in [-0.4, -0.2) is 31.2 Å². The second-order valence-electron chi connectivity index (χ2n) is 2.66. The third-order valence-corrected chi connectivity index (χ3v) is 1.66. The Morgan fingerprint density at radius 2 is 2.38 bits per heavy atom. The highest BCUT2D eigenvalue weighted by atomic mass is 16.5. The minimum Gasteiger partial charge on any atom is -0.361 e. The van der Waals surface area contributed by atoms with Crippen molar-refractivity contribution in [1.82, 2.24) is 15.8 Å². The number of carbonyl (C=O) groups excluding carboxylic acids is 1. The van der Waals surface area contributed by atoms with Gasteiger partial charge in [-0.1, -0.05) is 5.16 Å². The van der Waals surface area contributed by atoms with Gasteiger partial charge in [-0.3, -0.25) is 4.79 Å². The van der Waals surface area contributed by atoms with Crippen molar-refractivity contribution in [3.05, 3.63) is 17.5 Å². The summed E-state index contributed by atoms with van der Waals surface area (Å²) in [6.07, 6.45) is 1.42. The quantitative estimate of drug-likeness (QED) is 0.641. The van der Waals surface area contributed by atoms with E-state index in [9.17, 15) is 4.79 Å². The van der Waals surface area contributed by atoms with Gasteiger partial charge in [0, 0.05) is 13.1 Å². The van der Waals surface area contributed by atoms with Gasteiger partial charge in [-0.05, 0) is 14.0 Å². The molecular formula is C8H13N3O2. The molecule has 0 spiro atoms. The summed E-state index contributed by atoms with van der Waals surface area (Å²) in [5, 5.41) is 9.17. The first-order chi connectivity index (χ1) is 6.25. The monoisotopic (exact) mass is 183 g/mol. The molecule has 2 N–H and O–H groups in total. The Morgan fingerprint density at radius 3 is 2.92 bits per heavy atom. The number of carbonyl (C=O) groups is 1. The number of hydrogen-bond donors (Lipinski definition) is 2. The van der Waals surface area contributed by atoms with E-state index < -0.39 is 0 Å². The van der Waals surface area contributed by atoms with Crippen LogP contribution >= 0.6 is 0 Å². The Hall–Kier alpha value is -1.36. The zero-order chi connectivity index (χ0) is 9.68. The molecule has 13 heavy (non-hydrogen) atoms. The molecule has 0 aliphatic carbocycles. The van der Waals surface area contributed by atoms with E-state index in [4.69, 9.17) is 4.52 Å². The molecular weight excluding hydrogens is 170 g/mol. The van der Waals surface area contributed by atoms with Gasteiger partial charge < -0.3 is 15.2 Å². The van der Waals surface area contributed by atoms with Crippen molar-refractivity contribution in [1.29, 1.82) is 0 Å². The van der Waals surface area contributed by atoms with Crippen LogP contribution in [0.2, 0.25) is 0 Å². The summed E-state index contributed by atoms with van der Waals surface area (Å²) in [5.41, 5.74) is 0.496. The van der Waals surface area contributed by atoms with Gasteiger partial charge in [-0.2, -0.15) is 0 Å². The van der Waals surface area contributed by atoms with E-state index in [2.05, 4.69) is 15.8 Å². The van der Waals surface area contributed by atoms with Crippen LogP contribution in [-0.2, 0) is 0 Å². The molecule has 5 nitrogen and oxygen atoms in total. The molecule has 0 saturated carbocycles. The summed E-state index contributed by atoms with van der Waals surface area (Å²) in [6, 6.07) is 0. The molecule has 0 unspecified atom stereocenters. The van der Waals surface area contributed by atoms with E-state index in [1.54, 1.807) is 6.92 Å².